The van der Waals surface area contributed by atoms with E-state index in [4.69, 9.17) is 9.47 Å². The van der Waals surface area contributed by atoms with E-state index >= 15 is 0 Å². The molecule has 6 nitrogen and oxygen atoms in total. The molecule has 164 valence electrons. The Morgan fingerprint density at radius 1 is 0.781 bits per heavy atom. The van der Waals surface area contributed by atoms with Crippen LogP contribution in [0.3, 0.4) is 0 Å². The van der Waals surface area contributed by atoms with Crippen LogP contribution in [0, 0.1) is 0 Å². The highest BCUT2D eigenvalue weighted by molar-refractivity contribution is 6.10. The van der Waals surface area contributed by atoms with Gasteiger partial charge >= 0.3 is 0 Å². The Morgan fingerprint density at radius 3 is 1.91 bits per heavy atom. The van der Waals surface area contributed by atoms with Crippen molar-refractivity contribution >= 4 is 23.6 Å². The Hall–Kier alpha value is -4.06. The molecule has 0 fully saturated rings. The maximum Gasteiger partial charge on any atom is 0.272 e. The molecule has 3 aromatic carbocycles. The summed E-state index contributed by atoms with van der Waals surface area (Å²) in [5, 5.41) is 5.55. The summed E-state index contributed by atoms with van der Waals surface area (Å²) < 4.78 is 10.9. The Bertz CT molecular complexity index is 1060. The molecule has 0 aromatic heterocycles. The summed E-state index contributed by atoms with van der Waals surface area (Å²) in [4.78, 5) is 25.7. The summed E-state index contributed by atoms with van der Waals surface area (Å²) in [6, 6.07) is 23.1. The number of ether oxygens (including phenoxy) is 2. The van der Waals surface area contributed by atoms with E-state index in [0.29, 0.717) is 30.2 Å². The molecule has 0 radical (unpaired) electrons. The van der Waals surface area contributed by atoms with Gasteiger partial charge in [-0.3, -0.25) is 9.59 Å². The van der Waals surface area contributed by atoms with E-state index in [1.54, 1.807) is 54.6 Å². The van der Waals surface area contributed by atoms with Gasteiger partial charge in [0.05, 0.1) is 13.2 Å². The Kier molecular flexibility index (Phi) is 8.03. The summed E-state index contributed by atoms with van der Waals surface area (Å²) in [6.45, 7) is 4.95. The predicted molar refractivity (Wildman–Crippen MR) is 126 cm³/mol. The first-order valence-electron chi connectivity index (χ1n) is 10.4. The summed E-state index contributed by atoms with van der Waals surface area (Å²) in [5.74, 6) is 0.642. The van der Waals surface area contributed by atoms with Crippen molar-refractivity contribution in [3.63, 3.8) is 0 Å². The molecule has 0 saturated carbocycles. The quantitative estimate of drug-likeness (QED) is 0.474. The number of rotatable bonds is 9. The van der Waals surface area contributed by atoms with Gasteiger partial charge < -0.3 is 20.1 Å². The molecule has 0 aliphatic rings. The van der Waals surface area contributed by atoms with E-state index in [1.807, 2.05) is 44.2 Å². The highest BCUT2D eigenvalue weighted by Gasteiger charge is 2.15. The molecular weight excluding hydrogens is 404 g/mol. The van der Waals surface area contributed by atoms with Crippen molar-refractivity contribution in [3.8, 4) is 11.5 Å². The average molecular weight is 431 g/mol. The van der Waals surface area contributed by atoms with Gasteiger partial charge in [-0.2, -0.15) is 0 Å². The van der Waals surface area contributed by atoms with Crippen LogP contribution in [-0.2, 0) is 4.79 Å². The second kappa shape index (κ2) is 11.4. The number of amides is 2. The van der Waals surface area contributed by atoms with Crippen LogP contribution in [0.5, 0.6) is 11.5 Å². The fourth-order valence-electron chi connectivity index (χ4n) is 2.94. The van der Waals surface area contributed by atoms with E-state index in [0.717, 1.165) is 11.3 Å². The van der Waals surface area contributed by atoms with Gasteiger partial charge in [-0.15, -0.1) is 0 Å². The monoisotopic (exact) mass is 430 g/mol. The fourth-order valence-corrected chi connectivity index (χ4v) is 2.94. The van der Waals surface area contributed by atoms with Crippen molar-refractivity contribution in [3.05, 3.63) is 95.7 Å². The van der Waals surface area contributed by atoms with Crippen LogP contribution in [0.4, 0.5) is 5.69 Å². The van der Waals surface area contributed by atoms with Gasteiger partial charge in [0.1, 0.15) is 17.2 Å². The topological polar surface area (TPSA) is 76.7 Å². The third-order valence-corrected chi connectivity index (χ3v) is 4.45. The second-order valence-corrected chi connectivity index (χ2v) is 6.79. The van der Waals surface area contributed by atoms with Gasteiger partial charge in [-0.05, 0) is 74.0 Å². The molecule has 0 atom stereocenters. The van der Waals surface area contributed by atoms with Gasteiger partial charge in [0.15, 0.2) is 0 Å². The zero-order valence-corrected chi connectivity index (χ0v) is 18.1. The van der Waals surface area contributed by atoms with Crippen molar-refractivity contribution in [1.29, 1.82) is 0 Å². The van der Waals surface area contributed by atoms with Crippen LogP contribution in [0.25, 0.3) is 6.08 Å². The minimum atomic E-state index is -0.438. The van der Waals surface area contributed by atoms with Gasteiger partial charge in [0.25, 0.3) is 11.8 Å². The van der Waals surface area contributed by atoms with Gasteiger partial charge in [-0.1, -0.05) is 30.3 Å². The third kappa shape index (κ3) is 6.47. The van der Waals surface area contributed by atoms with E-state index in [1.165, 1.54) is 0 Å². The second-order valence-electron chi connectivity index (χ2n) is 6.79. The molecule has 0 heterocycles. The summed E-state index contributed by atoms with van der Waals surface area (Å²) >= 11 is 0. The van der Waals surface area contributed by atoms with Crippen LogP contribution in [0.1, 0.15) is 29.8 Å². The zero-order chi connectivity index (χ0) is 22.8. The average Bonchev–Trinajstić information content (AvgIpc) is 2.82. The van der Waals surface area contributed by atoms with Crippen LogP contribution in [-0.4, -0.2) is 25.0 Å². The van der Waals surface area contributed by atoms with E-state index in [2.05, 4.69) is 10.6 Å². The van der Waals surface area contributed by atoms with Gasteiger partial charge in [0, 0.05) is 11.3 Å². The molecule has 0 aliphatic heterocycles. The molecule has 0 aliphatic carbocycles. The molecule has 2 N–H and O–H groups in total. The Labute approximate surface area is 187 Å². The number of nitrogens with one attached hydrogen (secondary N) is 2. The molecule has 0 spiro atoms. The Morgan fingerprint density at radius 2 is 1.34 bits per heavy atom. The maximum atomic E-state index is 13.0. The minimum Gasteiger partial charge on any atom is -0.494 e. The Balaban J connectivity index is 1.83. The molecule has 32 heavy (non-hydrogen) atoms. The molecule has 3 rings (SSSR count). The molecule has 3 aromatic rings. The van der Waals surface area contributed by atoms with Crippen LogP contribution in [0.15, 0.2) is 84.6 Å². The van der Waals surface area contributed by atoms with E-state index in [9.17, 15) is 9.59 Å². The van der Waals surface area contributed by atoms with Gasteiger partial charge in [0.2, 0.25) is 0 Å². The standard InChI is InChI=1S/C26H26N2O4/c1-3-31-22-14-10-19(11-15-22)18-24(28-25(29)20-8-6-5-7-9-20)26(30)27-21-12-16-23(17-13-21)32-4-2/h5-18H,3-4H2,1-2H3,(H,27,30)(H,28,29). The predicted octanol–water partition coefficient (Wildman–Crippen LogP) is 4.89. The van der Waals surface area contributed by atoms with E-state index in [-0.39, 0.29) is 11.6 Å². The lowest BCUT2D eigenvalue weighted by Crippen LogP contribution is -2.30. The zero-order valence-electron chi connectivity index (χ0n) is 18.1. The van der Waals surface area contributed by atoms with Crippen LogP contribution >= 0.6 is 0 Å². The fraction of sp³-hybridized carbons (Fsp3) is 0.154. The number of anilines is 1. The lowest BCUT2D eigenvalue weighted by atomic mass is 10.1. The SMILES string of the molecule is CCOc1ccc(C=C(NC(=O)c2ccccc2)C(=O)Nc2ccc(OCC)cc2)cc1. The van der Waals surface area contributed by atoms with E-state index < -0.39 is 5.91 Å². The largest absolute Gasteiger partial charge is 0.494 e. The third-order valence-electron chi connectivity index (χ3n) is 4.45. The van der Waals surface area contributed by atoms with Crippen LogP contribution in [0.2, 0.25) is 0 Å². The van der Waals surface area contributed by atoms with Crippen molar-refractivity contribution in [1.82, 2.24) is 5.32 Å². The smallest absolute Gasteiger partial charge is 0.272 e. The van der Waals surface area contributed by atoms with Crippen molar-refractivity contribution in [2.45, 2.75) is 13.8 Å². The highest BCUT2D eigenvalue weighted by atomic mass is 16.5. The number of hydrogen-bond acceptors (Lipinski definition) is 4. The minimum absolute atomic E-state index is 0.122. The van der Waals surface area contributed by atoms with Gasteiger partial charge in [-0.25, -0.2) is 0 Å². The first kappa shape index (κ1) is 22.6. The number of benzene rings is 3. The summed E-state index contributed by atoms with van der Waals surface area (Å²) in [7, 11) is 0. The number of carbonyl (C=O) groups is 2. The molecular formula is C26H26N2O4. The van der Waals surface area contributed by atoms with Crippen molar-refractivity contribution in [2.75, 3.05) is 18.5 Å². The number of hydrogen-bond donors (Lipinski definition) is 2. The highest BCUT2D eigenvalue weighted by Crippen LogP contribution is 2.18. The number of carbonyl (C=O) groups excluding carboxylic acids is 2. The lowest BCUT2D eigenvalue weighted by molar-refractivity contribution is -0.113. The molecule has 0 unspecified atom stereocenters. The molecule has 0 bridgehead atoms. The summed E-state index contributed by atoms with van der Waals surface area (Å²) in [6.07, 6.45) is 1.63. The lowest BCUT2D eigenvalue weighted by Gasteiger charge is -2.12. The van der Waals surface area contributed by atoms with Crippen molar-refractivity contribution in [2.24, 2.45) is 0 Å². The molecule has 6 heteroatoms. The summed E-state index contributed by atoms with van der Waals surface area (Å²) in [5.41, 5.74) is 1.92. The molecule has 2 amide bonds. The maximum absolute atomic E-state index is 13.0. The van der Waals surface area contributed by atoms with Crippen LogP contribution < -0.4 is 20.1 Å². The normalized spacial score (nSPS) is 10.9. The molecule has 0 saturated heterocycles. The first-order valence-corrected chi connectivity index (χ1v) is 10.4. The first-order chi connectivity index (χ1) is 15.6. The van der Waals surface area contributed by atoms with Crippen molar-refractivity contribution < 1.29 is 19.1 Å².